The van der Waals surface area contributed by atoms with Crippen LogP contribution in [0, 0.1) is 30.2 Å². The predicted molar refractivity (Wildman–Crippen MR) is 129 cm³/mol. The van der Waals surface area contributed by atoms with E-state index in [1.54, 1.807) is 31.2 Å². The van der Waals surface area contributed by atoms with E-state index in [0.29, 0.717) is 17.7 Å². The Morgan fingerprint density at radius 2 is 1.25 bits per heavy atom. The quantitative estimate of drug-likeness (QED) is 0.150. The van der Waals surface area contributed by atoms with E-state index in [4.69, 9.17) is 9.47 Å². The average Bonchev–Trinajstić information content (AvgIpc) is 2.88. The fourth-order valence-corrected chi connectivity index (χ4v) is 3.66. The number of esters is 1. The zero-order chi connectivity index (χ0) is 25.8. The van der Waals surface area contributed by atoms with Crippen LogP contribution in [0.3, 0.4) is 0 Å². The van der Waals surface area contributed by atoms with E-state index in [-0.39, 0.29) is 29.0 Å². The third kappa shape index (κ3) is 5.16. The monoisotopic (exact) mass is 494 g/mol. The van der Waals surface area contributed by atoms with Gasteiger partial charge in [-0.05, 0) is 43.2 Å². The minimum absolute atomic E-state index is 0.0189. The molecule has 7 heteroatoms. The molecule has 0 saturated carbocycles. The highest BCUT2D eigenvalue weighted by molar-refractivity contribution is 5.92. The number of carbonyl (C=O) groups excluding carboxylic acids is 1. The van der Waals surface area contributed by atoms with Gasteiger partial charge in [0.2, 0.25) is 0 Å². The van der Waals surface area contributed by atoms with Gasteiger partial charge in [0.05, 0.1) is 12.2 Å². The Kier molecular flexibility index (Phi) is 7.50. The molecule has 36 heavy (non-hydrogen) atoms. The second-order valence-corrected chi connectivity index (χ2v) is 8.11. The maximum absolute atomic E-state index is 14.7. The third-order valence-corrected chi connectivity index (χ3v) is 5.66. The molecule has 0 heterocycles. The molecule has 0 aliphatic heterocycles. The lowest BCUT2D eigenvalue weighted by Crippen LogP contribution is -2.12. The minimum Gasteiger partial charge on any atom is -0.423 e. The summed E-state index contributed by atoms with van der Waals surface area (Å²) >= 11 is 0. The SMILES string of the molecule is CCOCc1ccc(-c2ccc(OC(=O)c3ccc(-c4ccc(C)cc4)c(F)c3F)cc2)c(F)c1F. The van der Waals surface area contributed by atoms with Crippen molar-refractivity contribution in [3.05, 3.63) is 113 Å². The Bertz CT molecular complexity index is 1400. The summed E-state index contributed by atoms with van der Waals surface area (Å²) in [6, 6.07) is 17.8. The molecule has 0 spiro atoms. The molecule has 4 aromatic rings. The third-order valence-electron chi connectivity index (χ3n) is 5.66. The van der Waals surface area contributed by atoms with Crippen LogP contribution < -0.4 is 4.74 Å². The fraction of sp³-hybridized carbons (Fsp3) is 0.138. The Labute approximate surface area is 205 Å². The van der Waals surface area contributed by atoms with Gasteiger partial charge in [0.25, 0.3) is 0 Å². The zero-order valence-corrected chi connectivity index (χ0v) is 19.6. The number of ether oxygens (including phenoxy) is 2. The van der Waals surface area contributed by atoms with E-state index in [0.717, 1.165) is 11.6 Å². The van der Waals surface area contributed by atoms with Crippen LogP contribution in [0.5, 0.6) is 5.75 Å². The highest BCUT2D eigenvalue weighted by Crippen LogP contribution is 2.30. The first-order valence-electron chi connectivity index (χ1n) is 11.2. The van der Waals surface area contributed by atoms with Gasteiger partial charge in [0, 0.05) is 23.3 Å². The molecule has 0 aliphatic carbocycles. The maximum Gasteiger partial charge on any atom is 0.346 e. The van der Waals surface area contributed by atoms with Crippen molar-refractivity contribution in [2.75, 3.05) is 6.61 Å². The highest BCUT2D eigenvalue weighted by atomic mass is 19.2. The van der Waals surface area contributed by atoms with E-state index in [1.165, 1.54) is 42.5 Å². The van der Waals surface area contributed by atoms with Gasteiger partial charge in [-0.3, -0.25) is 0 Å². The van der Waals surface area contributed by atoms with Crippen LogP contribution in [0.1, 0.15) is 28.4 Å². The molecule has 184 valence electrons. The summed E-state index contributed by atoms with van der Waals surface area (Å²) in [5.74, 6) is -5.56. The summed E-state index contributed by atoms with van der Waals surface area (Å²) in [5.41, 5.74) is 1.37. The van der Waals surface area contributed by atoms with Crippen LogP contribution in [-0.2, 0) is 11.3 Å². The van der Waals surface area contributed by atoms with Gasteiger partial charge < -0.3 is 9.47 Å². The van der Waals surface area contributed by atoms with Crippen molar-refractivity contribution in [2.45, 2.75) is 20.5 Å². The van der Waals surface area contributed by atoms with E-state index in [1.807, 2.05) is 6.92 Å². The van der Waals surface area contributed by atoms with Crippen LogP contribution in [0.4, 0.5) is 17.6 Å². The summed E-state index contributed by atoms with van der Waals surface area (Å²) in [6.07, 6.45) is 0. The molecule has 0 aromatic heterocycles. The van der Waals surface area contributed by atoms with Crippen molar-refractivity contribution in [1.82, 2.24) is 0 Å². The first-order valence-corrected chi connectivity index (χ1v) is 11.2. The normalized spacial score (nSPS) is 10.9. The second kappa shape index (κ2) is 10.7. The van der Waals surface area contributed by atoms with Crippen molar-refractivity contribution >= 4 is 5.97 Å². The molecule has 0 amide bonds. The molecule has 0 bridgehead atoms. The Morgan fingerprint density at radius 1 is 0.694 bits per heavy atom. The standard InChI is InChI=1S/C29H22F4O3/c1-3-35-16-20-10-13-22(26(31)25(20)30)19-8-11-21(12-9-19)36-29(34)24-15-14-23(27(32)28(24)33)18-6-4-17(2)5-7-18/h4-15H,3,16H2,1-2H3. The molecule has 4 rings (SSSR count). The van der Waals surface area contributed by atoms with Gasteiger partial charge in [-0.15, -0.1) is 0 Å². The number of hydrogen-bond donors (Lipinski definition) is 0. The number of rotatable bonds is 7. The molecule has 0 radical (unpaired) electrons. The molecule has 0 unspecified atom stereocenters. The van der Waals surface area contributed by atoms with E-state index < -0.39 is 34.8 Å². The fourth-order valence-electron chi connectivity index (χ4n) is 3.66. The molecule has 4 aromatic carbocycles. The van der Waals surface area contributed by atoms with Crippen molar-refractivity contribution < 1.29 is 31.8 Å². The van der Waals surface area contributed by atoms with Gasteiger partial charge in [-0.1, -0.05) is 60.2 Å². The van der Waals surface area contributed by atoms with Crippen LogP contribution in [0.2, 0.25) is 0 Å². The largest absolute Gasteiger partial charge is 0.423 e. The Hall–Kier alpha value is -3.97. The number of hydrogen-bond acceptors (Lipinski definition) is 3. The van der Waals surface area contributed by atoms with Crippen LogP contribution in [0.25, 0.3) is 22.3 Å². The topological polar surface area (TPSA) is 35.5 Å². The smallest absolute Gasteiger partial charge is 0.346 e. The Morgan fingerprint density at radius 3 is 1.86 bits per heavy atom. The molecule has 0 saturated heterocycles. The summed E-state index contributed by atoms with van der Waals surface area (Å²) < 4.78 is 68.6. The van der Waals surface area contributed by atoms with Crippen molar-refractivity contribution in [3.63, 3.8) is 0 Å². The number of carbonyl (C=O) groups is 1. The highest BCUT2D eigenvalue weighted by Gasteiger charge is 2.21. The van der Waals surface area contributed by atoms with Crippen molar-refractivity contribution in [2.24, 2.45) is 0 Å². The summed E-state index contributed by atoms with van der Waals surface area (Å²) in [6.45, 7) is 3.96. The van der Waals surface area contributed by atoms with E-state index in [9.17, 15) is 22.4 Å². The first kappa shape index (κ1) is 25.1. The lowest BCUT2D eigenvalue weighted by Gasteiger charge is -2.11. The van der Waals surface area contributed by atoms with Crippen molar-refractivity contribution in [1.29, 1.82) is 0 Å². The first-order chi connectivity index (χ1) is 17.3. The molecule has 0 aliphatic rings. The van der Waals surface area contributed by atoms with Gasteiger partial charge in [0.15, 0.2) is 23.3 Å². The number of benzene rings is 4. The Balaban J connectivity index is 1.52. The zero-order valence-electron chi connectivity index (χ0n) is 19.6. The molecular formula is C29H22F4O3. The van der Waals surface area contributed by atoms with E-state index >= 15 is 0 Å². The molecule has 0 fully saturated rings. The van der Waals surface area contributed by atoms with Gasteiger partial charge in [0.1, 0.15) is 5.75 Å². The summed E-state index contributed by atoms with van der Waals surface area (Å²) in [7, 11) is 0. The predicted octanol–water partition coefficient (Wildman–Crippen LogP) is 7.64. The second-order valence-electron chi connectivity index (χ2n) is 8.11. The average molecular weight is 494 g/mol. The summed E-state index contributed by atoms with van der Waals surface area (Å²) in [4.78, 5) is 12.5. The minimum atomic E-state index is -1.32. The van der Waals surface area contributed by atoms with Crippen molar-refractivity contribution in [3.8, 4) is 28.0 Å². The number of halogens is 4. The van der Waals surface area contributed by atoms with Crippen LogP contribution in [0.15, 0.2) is 72.8 Å². The number of aryl methyl sites for hydroxylation is 1. The molecular weight excluding hydrogens is 472 g/mol. The van der Waals surface area contributed by atoms with Gasteiger partial charge >= 0.3 is 5.97 Å². The van der Waals surface area contributed by atoms with Gasteiger partial charge in [-0.2, -0.15) is 0 Å². The molecule has 3 nitrogen and oxygen atoms in total. The molecule has 0 atom stereocenters. The lowest BCUT2D eigenvalue weighted by atomic mass is 10.0. The van der Waals surface area contributed by atoms with Gasteiger partial charge in [-0.25, -0.2) is 22.4 Å². The molecule has 0 N–H and O–H groups in total. The summed E-state index contributed by atoms with van der Waals surface area (Å²) in [5, 5.41) is 0. The van der Waals surface area contributed by atoms with Crippen LogP contribution >= 0.6 is 0 Å². The van der Waals surface area contributed by atoms with E-state index in [2.05, 4.69) is 0 Å². The maximum atomic E-state index is 14.7. The lowest BCUT2D eigenvalue weighted by molar-refractivity contribution is 0.0728. The van der Waals surface area contributed by atoms with Crippen LogP contribution in [-0.4, -0.2) is 12.6 Å².